The number of nitrogens with zero attached hydrogens (tertiary/aromatic N) is 2. The van der Waals surface area contributed by atoms with Gasteiger partial charge in [0.15, 0.2) is 0 Å². The largest absolute Gasteiger partial charge is 0.356 e. The number of aromatic nitrogens is 1. The van der Waals surface area contributed by atoms with Crippen LogP contribution in [0.1, 0.15) is 41.7 Å². The predicted octanol–water partition coefficient (Wildman–Crippen LogP) is 2.74. The van der Waals surface area contributed by atoms with Gasteiger partial charge >= 0.3 is 0 Å². The molecule has 2 heterocycles. The summed E-state index contributed by atoms with van der Waals surface area (Å²) in [5.74, 6) is -0.599. The van der Waals surface area contributed by atoms with E-state index in [2.05, 4.69) is 4.98 Å². The number of likely N-dealkylation sites (tertiary alicyclic amines) is 1. The Balaban J connectivity index is 1.59. The van der Waals surface area contributed by atoms with Gasteiger partial charge in [0, 0.05) is 37.4 Å². The molecule has 1 amide bonds. The molecule has 0 spiro atoms. The highest BCUT2D eigenvalue weighted by Crippen LogP contribution is 2.34. The Kier molecular flexibility index (Phi) is 4.77. The van der Waals surface area contributed by atoms with Gasteiger partial charge in [-0.05, 0) is 37.8 Å². The first-order chi connectivity index (χ1) is 13.0. The molecular weight excluding hydrogens is 369 g/mol. The second-order valence-electron chi connectivity index (χ2n) is 7.12. The second-order valence-corrected chi connectivity index (χ2v) is 9.01. The van der Waals surface area contributed by atoms with Crippen LogP contribution in [0.3, 0.4) is 0 Å². The van der Waals surface area contributed by atoms with Crippen molar-refractivity contribution in [2.45, 2.75) is 43.2 Å². The Morgan fingerprint density at radius 3 is 2.59 bits per heavy atom. The van der Waals surface area contributed by atoms with E-state index < -0.39 is 15.8 Å². The number of hydrogen-bond donors (Lipinski definition) is 1. The Bertz CT molecular complexity index is 947. The van der Waals surface area contributed by atoms with Gasteiger partial charge < -0.3 is 9.88 Å². The molecule has 1 saturated carbocycles. The van der Waals surface area contributed by atoms with Crippen LogP contribution in [0.2, 0.25) is 0 Å². The molecule has 0 atom stereocenters. The number of benzene rings is 1. The number of aromatic amines is 1. The summed E-state index contributed by atoms with van der Waals surface area (Å²) in [5.41, 5.74) is 0.619. The molecule has 1 aromatic heterocycles. The van der Waals surface area contributed by atoms with Gasteiger partial charge in [0.1, 0.15) is 16.4 Å². The molecule has 0 bridgehead atoms. The zero-order valence-corrected chi connectivity index (χ0v) is 15.7. The Morgan fingerprint density at radius 1 is 1.22 bits per heavy atom. The summed E-state index contributed by atoms with van der Waals surface area (Å²) >= 11 is 0. The van der Waals surface area contributed by atoms with Gasteiger partial charge in [-0.15, -0.1) is 0 Å². The number of rotatable bonds is 6. The maximum atomic E-state index is 14.0. The minimum Gasteiger partial charge on any atom is -0.356 e. The van der Waals surface area contributed by atoms with Gasteiger partial charge in [0.05, 0.1) is 0 Å². The van der Waals surface area contributed by atoms with Crippen molar-refractivity contribution in [3.63, 3.8) is 0 Å². The van der Waals surface area contributed by atoms with Gasteiger partial charge in [-0.1, -0.05) is 18.2 Å². The van der Waals surface area contributed by atoms with Crippen LogP contribution in [-0.4, -0.2) is 47.6 Å². The molecule has 4 rings (SSSR count). The smallest absolute Gasteiger partial charge is 0.270 e. The normalized spacial score (nSPS) is 17.6. The number of amides is 1. The predicted molar refractivity (Wildman–Crippen MR) is 98.1 cm³/mol. The van der Waals surface area contributed by atoms with E-state index in [1.807, 2.05) is 0 Å². The highest BCUT2D eigenvalue weighted by Gasteiger charge is 2.39. The van der Waals surface area contributed by atoms with Crippen LogP contribution >= 0.6 is 0 Å². The summed E-state index contributed by atoms with van der Waals surface area (Å²) in [6, 6.07) is 7.47. The highest BCUT2D eigenvalue weighted by molar-refractivity contribution is 7.89. The van der Waals surface area contributed by atoms with E-state index >= 15 is 0 Å². The Hall–Kier alpha value is -2.19. The molecule has 2 aliphatic rings. The Morgan fingerprint density at radius 2 is 1.93 bits per heavy atom. The van der Waals surface area contributed by atoms with Crippen molar-refractivity contribution in [2.24, 2.45) is 0 Å². The molecule has 8 heteroatoms. The molecule has 1 N–H and O–H groups in total. The molecular formula is C19H22FN3O3S. The lowest BCUT2D eigenvalue weighted by molar-refractivity contribution is 0.0787. The van der Waals surface area contributed by atoms with Gasteiger partial charge in [0.2, 0.25) is 10.0 Å². The molecule has 2 aromatic rings. The number of nitrogens with one attached hydrogen (secondary N) is 1. The standard InChI is InChI=1S/C19H22FN3O3S/c20-17-6-2-1-5-14(17)13-23(15-7-8-15)27(25,26)16-11-18(21-12-16)19(24)22-9-3-4-10-22/h1-2,5-6,11-12,15,21H,3-4,7-10,13H2. The van der Waals surface area contributed by atoms with E-state index in [4.69, 9.17) is 0 Å². The monoisotopic (exact) mass is 391 g/mol. The minimum atomic E-state index is -3.82. The quantitative estimate of drug-likeness (QED) is 0.823. The van der Waals surface area contributed by atoms with Gasteiger partial charge in [-0.25, -0.2) is 12.8 Å². The fourth-order valence-electron chi connectivity index (χ4n) is 3.44. The van der Waals surface area contributed by atoms with Crippen molar-refractivity contribution < 1.29 is 17.6 Å². The van der Waals surface area contributed by atoms with Gasteiger partial charge in [-0.3, -0.25) is 4.79 Å². The third-order valence-electron chi connectivity index (χ3n) is 5.12. The molecule has 144 valence electrons. The summed E-state index contributed by atoms with van der Waals surface area (Å²) in [5, 5.41) is 0. The summed E-state index contributed by atoms with van der Waals surface area (Å²) in [6.45, 7) is 1.38. The van der Waals surface area contributed by atoms with E-state index in [9.17, 15) is 17.6 Å². The van der Waals surface area contributed by atoms with E-state index in [1.165, 1.54) is 22.6 Å². The zero-order chi connectivity index (χ0) is 19.0. The van der Waals surface area contributed by atoms with E-state index in [0.717, 1.165) is 25.7 Å². The first kappa shape index (κ1) is 18.2. The molecule has 1 aromatic carbocycles. The maximum absolute atomic E-state index is 14.0. The second kappa shape index (κ2) is 7.09. The topological polar surface area (TPSA) is 73.5 Å². The summed E-state index contributed by atoms with van der Waals surface area (Å²) in [4.78, 5) is 17.1. The van der Waals surface area contributed by atoms with Crippen LogP contribution in [0.5, 0.6) is 0 Å². The zero-order valence-electron chi connectivity index (χ0n) is 14.9. The number of sulfonamides is 1. The minimum absolute atomic E-state index is 0.0136. The van der Waals surface area contributed by atoms with Crippen molar-refractivity contribution in [2.75, 3.05) is 13.1 Å². The summed E-state index contributed by atoms with van der Waals surface area (Å²) in [6.07, 6.45) is 4.82. The third kappa shape index (κ3) is 3.64. The first-order valence-corrected chi connectivity index (χ1v) is 10.6. The summed E-state index contributed by atoms with van der Waals surface area (Å²) in [7, 11) is -3.82. The lowest BCUT2D eigenvalue weighted by atomic mass is 10.2. The number of carbonyl (C=O) groups is 1. The molecule has 0 unspecified atom stereocenters. The lowest BCUT2D eigenvalue weighted by Gasteiger charge is -2.21. The molecule has 0 radical (unpaired) electrons. The number of hydrogen-bond acceptors (Lipinski definition) is 3. The van der Waals surface area contributed by atoms with Crippen LogP contribution in [0.15, 0.2) is 41.4 Å². The number of H-pyrrole nitrogens is 1. The molecule has 1 aliphatic heterocycles. The fourth-order valence-corrected chi connectivity index (χ4v) is 5.10. The third-order valence-corrected chi connectivity index (χ3v) is 7.00. The average molecular weight is 391 g/mol. The molecule has 6 nitrogen and oxygen atoms in total. The van der Waals surface area contributed by atoms with Crippen LogP contribution in [0.4, 0.5) is 4.39 Å². The molecule has 2 fully saturated rings. The Labute approximate surface area is 158 Å². The van der Waals surface area contributed by atoms with Crippen LogP contribution in [0, 0.1) is 5.82 Å². The van der Waals surface area contributed by atoms with Crippen molar-refractivity contribution in [1.29, 1.82) is 0 Å². The highest BCUT2D eigenvalue weighted by atomic mass is 32.2. The molecule has 1 saturated heterocycles. The van der Waals surface area contributed by atoms with E-state index in [0.29, 0.717) is 18.7 Å². The van der Waals surface area contributed by atoms with Crippen LogP contribution in [-0.2, 0) is 16.6 Å². The van der Waals surface area contributed by atoms with E-state index in [1.54, 1.807) is 23.1 Å². The number of halogens is 1. The first-order valence-electron chi connectivity index (χ1n) is 9.20. The molecule has 27 heavy (non-hydrogen) atoms. The maximum Gasteiger partial charge on any atom is 0.270 e. The van der Waals surface area contributed by atoms with Crippen molar-refractivity contribution in [1.82, 2.24) is 14.2 Å². The van der Waals surface area contributed by atoms with Crippen molar-refractivity contribution in [3.8, 4) is 0 Å². The van der Waals surface area contributed by atoms with Crippen molar-refractivity contribution >= 4 is 15.9 Å². The van der Waals surface area contributed by atoms with Gasteiger partial charge in [-0.2, -0.15) is 4.31 Å². The molecule has 1 aliphatic carbocycles. The van der Waals surface area contributed by atoms with Crippen LogP contribution in [0.25, 0.3) is 0 Å². The van der Waals surface area contributed by atoms with Gasteiger partial charge in [0.25, 0.3) is 5.91 Å². The van der Waals surface area contributed by atoms with E-state index in [-0.39, 0.29) is 29.1 Å². The number of carbonyl (C=O) groups excluding carboxylic acids is 1. The summed E-state index contributed by atoms with van der Waals surface area (Å²) < 4.78 is 41.7. The van der Waals surface area contributed by atoms with Crippen molar-refractivity contribution in [3.05, 3.63) is 53.6 Å². The lowest BCUT2D eigenvalue weighted by Crippen LogP contribution is -2.33. The fraction of sp³-hybridized carbons (Fsp3) is 0.421. The van der Waals surface area contributed by atoms with Crippen LogP contribution < -0.4 is 0 Å². The average Bonchev–Trinajstić information content (AvgIpc) is 3.14. The SMILES string of the molecule is O=C(c1cc(S(=O)(=O)N(Cc2ccccc2F)C2CC2)c[nH]1)N1CCCC1.